The third-order valence-corrected chi connectivity index (χ3v) is 3.52. The van der Waals surface area contributed by atoms with Crippen molar-refractivity contribution in [3.05, 3.63) is 24.3 Å². The van der Waals surface area contributed by atoms with E-state index in [1.54, 1.807) is 12.5 Å². The van der Waals surface area contributed by atoms with Gasteiger partial charge in [-0.15, -0.1) is 11.8 Å². The molecule has 0 bridgehead atoms. The highest BCUT2D eigenvalue weighted by Gasteiger charge is 2.24. The van der Waals surface area contributed by atoms with Crippen LogP contribution in [-0.2, 0) is 0 Å². The second-order valence-corrected chi connectivity index (χ2v) is 4.26. The molecule has 0 amide bonds. The summed E-state index contributed by atoms with van der Waals surface area (Å²) in [6.45, 7) is 2.21. The summed E-state index contributed by atoms with van der Waals surface area (Å²) >= 11 is 1.93. The molecule has 1 saturated heterocycles. The predicted octanol–water partition coefficient (Wildman–Crippen LogP) is 1.59. The Morgan fingerprint density at radius 2 is 2.62 bits per heavy atom. The summed E-state index contributed by atoms with van der Waals surface area (Å²) in [4.78, 5) is 8.14. The van der Waals surface area contributed by atoms with Crippen molar-refractivity contribution in [3.8, 4) is 0 Å². The SMILES string of the molecule is CCC1CSC(c2ccncn2)N1. The molecule has 1 aromatic heterocycles. The molecule has 1 aliphatic heterocycles. The van der Waals surface area contributed by atoms with Gasteiger partial charge in [0.05, 0.1) is 11.1 Å². The second kappa shape index (κ2) is 4.07. The highest BCUT2D eigenvalue weighted by molar-refractivity contribution is 7.99. The number of aromatic nitrogens is 2. The number of nitrogens with zero attached hydrogens (tertiary/aromatic N) is 2. The molecule has 2 unspecified atom stereocenters. The average molecular weight is 195 g/mol. The molecule has 3 nitrogen and oxygen atoms in total. The predicted molar refractivity (Wildman–Crippen MR) is 54.4 cm³/mol. The first kappa shape index (κ1) is 8.97. The van der Waals surface area contributed by atoms with Crippen molar-refractivity contribution >= 4 is 11.8 Å². The molecule has 0 aliphatic carbocycles. The standard InChI is InChI=1S/C9H13N3S/c1-2-7-5-13-9(12-7)8-3-4-10-6-11-8/h3-4,6-7,9,12H,2,5H2,1H3. The summed E-state index contributed by atoms with van der Waals surface area (Å²) in [7, 11) is 0. The lowest BCUT2D eigenvalue weighted by Crippen LogP contribution is -2.25. The molecule has 1 aromatic rings. The number of thioether (sulfide) groups is 1. The zero-order valence-corrected chi connectivity index (χ0v) is 8.42. The van der Waals surface area contributed by atoms with Gasteiger partial charge in [-0.2, -0.15) is 0 Å². The van der Waals surface area contributed by atoms with Crippen molar-refractivity contribution in [2.75, 3.05) is 5.75 Å². The van der Waals surface area contributed by atoms with E-state index in [-0.39, 0.29) is 0 Å². The molecule has 4 heteroatoms. The maximum absolute atomic E-state index is 4.24. The third-order valence-electron chi connectivity index (χ3n) is 2.22. The Balaban J connectivity index is 2.04. The highest BCUT2D eigenvalue weighted by Crippen LogP contribution is 2.31. The van der Waals surface area contributed by atoms with E-state index in [4.69, 9.17) is 0 Å². The van der Waals surface area contributed by atoms with Gasteiger partial charge >= 0.3 is 0 Å². The van der Waals surface area contributed by atoms with Crippen LogP contribution in [0.1, 0.15) is 24.4 Å². The van der Waals surface area contributed by atoms with Crippen LogP contribution in [0.3, 0.4) is 0 Å². The molecular formula is C9H13N3S. The number of nitrogens with one attached hydrogen (secondary N) is 1. The van der Waals surface area contributed by atoms with Crippen LogP contribution in [0.25, 0.3) is 0 Å². The summed E-state index contributed by atoms with van der Waals surface area (Å²) < 4.78 is 0. The number of hydrogen-bond acceptors (Lipinski definition) is 4. The van der Waals surface area contributed by atoms with Gasteiger partial charge in [-0.25, -0.2) is 9.97 Å². The smallest absolute Gasteiger partial charge is 0.115 e. The minimum Gasteiger partial charge on any atom is -0.297 e. The quantitative estimate of drug-likeness (QED) is 0.777. The zero-order chi connectivity index (χ0) is 9.10. The van der Waals surface area contributed by atoms with Crippen molar-refractivity contribution in [2.45, 2.75) is 24.8 Å². The molecule has 0 saturated carbocycles. The monoisotopic (exact) mass is 195 g/mol. The first-order valence-corrected chi connectivity index (χ1v) is 5.58. The highest BCUT2D eigenvalue weighted by atomic mass is 32.2. The van der Waals surface area contributed by atoms with Crippen LogP contribution in [0.2, 0.25) is 0 Å². The van der Waals surface area contributed by atoms with Crippen LogP contribution < -0.4 is 5.32 Å². The van der Waals surface area contributed by atoms with Crippen molar-refractivity contribution in [1.82, 2.24) is 15.3 Å². The minimum absolute atomic E-state index is 0.368. The molecule has 2 rings (SSSR count). The van der Waals surface area contributed by atoms with Gasteiger partial charge in [0, 0.05) is 18.0 Å². The van der Waals surface area contributed by atoms with Crippen molar-refractivity contribution in [3.63, 3.8) is 0 Å². The van der Waals surface area contributed by atoms with Crippen molar-refractivity contribution in [1.29, 1.82) is 0 Å². The Labute approximate surface area is 82.4 Å². The fourth-order valence-corrected chi connectivity index (χ4v) is 2.74. The topological polar surface area (TPSA) is 37.8 Å². The molecule has 1 aliphatic rings. The van der Waals surface area contributed by atoms with E-state index in [0.29, 0.717) is 11.4 Å². The van der Waals surface area contributed by atoms with Crippen LogP contribution >= 0.6 is 11.8 Å². The average Bonchev–Trinajstić information content (AvgIpc) is 2.67. The van der Waals surface area contributed by atoms with Crippen LogP contribution in [0, 0.1) is 0 Å². The fourth-order valence-electron chi connectivity index (χ4n) is 1.39. The molecule has 0 spiro atoms. The first-order valence-electron chi connectivity index (χ1n) is 4.53. The van der Waals surface area contributed by atoms with Crippen LogP contribution in [0.4, 0.5) is 0 Å². The van der Waals surface area contributed by atoms with Crippen molar-refractivity contribution < 1.29 is 0 Å². The summed E-state index contributed by atoms with van der Waals surface area (Å²) in [5.41, 5.74) is 1.09. The van der Waals surface area contributed by atoms with E-state index in [9.17, 15) is 0 Å². The summed E-state index contributed by atoms with van der Waals surface area (Å²) in [6, 6.07) is 2.62. The third kappa shape index (κ3) is 2.00. The molecule has 1 fully saturated rings. The number of rotatable bonds is 2. The molecule has 0 aromatic carbocycles. The van der Waals surface area contributed by atoms with E-state index < -0.39 is 0 Å². The summed E-state index contributed by atoms with van der Waals surface area (Å²) in [6.07, 6.45) is 4.59. The Kier molecular flexibility index (Phi) is 2.80. The Bertz CT molecular complexity index is 265. The molecule has 1 N–H and O–H groups in total. The van der Waals surface area contributed by atoms with E-state index >= 15 is 0 Å². The maximum atomic E-state index is 4.24. The van der Waals surface area contributed by atoms with E-state index in [0.717, 1.165) is 5.69 Å². The van der Waals surface area contributed by atoms with Gasteiger partial charge in [-0.1, -0.05) is 6.92 Å². The lowest BCUT2D eigenvalue weighted by atomic mass is 10.2. The van der Waals surface area contributed by atoms with Crippen LogP contribution in [0.15, 0.2) is 18.6 Å². The van der Waals surface area contributed by atoms with Gasteiger partial charge in [-0.05, 0) is 12.5 Å². The van der Waals surface area contributed by atoms with Gasteiger partial charge in [-0.3, -0.25) is 5.32 Å². The van der Waals surface area contributed by atoms with Crippen molar-refractivity contribution in [2.24, 2.45) is 0 Å². The molecule has 13 heavy (non-hydrogen) atoms. The minimum atomic E-state index is 0.368. The fraction of sp³-hybridized carbons (Fsp3) is 0.556. The molecule has 2 heterocycles. The van der Waals surface area contributed by atoms with E-state index in [2.05, 4.69) is 22.2 Å². The van der Waals surface area contributed by atoms with E-state index in [1.165, 1.54) is 12.2 Å². The Hall–Kier alpha value is -0.610. The molecule has 70 valence electrons. The van der Waals surface area contributed by atoms with Gasteiger partial charge < -0.3 is 0 Å². The van der Waals surface area contributed by atoms with Crippen LogP contribution in [-0.4, -0.2) is 21.8 Å². The van der Waals surface area contributed by atoms with Gasteiger partial charge in [0.15, 0.2) is 0 Å². The Morgan fingerprint density at radius 3 is 3.23 bits per heavy atom. The van der Waals surface area contributed by atoms with Gasteiger partial charge in [0.25, 0.3) is 0 Å². The summed E-state index contributed by atoms with van der Waals surface area (Å²) in [5, 5.41) is 3.90. The molecular weight excluding hydrogens is 182 g/mol. The zero-order valence-electron chi connectivity index (χ0n) is 7.60. The van der Waals surface area contributed by atoms with Crippen LogP contribution in [0.5, 0.6) is 0 Å². The number of hydrogen-bond donors (Lipinski definition) is 1. The first-order chi connectivity index (χ1) is 6.40. The second-order valence-electron chi connectivity index (χ2n) is 3.12. The Morgan fingerprint density at radius 1 is 1.69 bits per heavy atom. The maximum Gasteiger partial charge on any atom is 0.115 e. The van der Waals surface area contributed by atoms with Gasteiger partial charge in [0.1, 0.15) is 6.33 Å². The van der Waals surface area contributed by atoms with E-state index in [1.807, 2.05) is 17.8 Å². The summed E-state index contributed by atoms with van der Waals surface area (Å²) in [5.74, 6) is 1.19. The largest absolute Gasteiger partial charge is 0.297 e. The lowest BCUT2D eigenvalue weighted by Gasteiger charge is -2.10. The normalized spacial score (nSPS) is 27.8. The van der Waals surface area contributed by atoms with Gasteiger partial charge in [0.2, 0.25) is 0 Å². The molecule has 0 radical (unpaired) electrons. The lowest BCUT2D eigenvalue weighted by molar-refractivity contribution is 0.555. The molecule has 2 atom stereocenters.